The summed E-state index contributed by atoms with van der Waals surface area (Å²) >= 11 is 0. The maximum atomic E-state index is 12.1. The smallest absolute Gasteiger partial charge is 0.341 e. The monoisotopic (exact) mass is 337 g/mol. The summed E-state index contributed by atoms with van der Waals surface area (Å²) in [5.74, 6) is -0.592. The molecule has 0 atom stereocenters. The fraction of sp³-hybridized carbons (Fsp3) is 0.706. The largest absolute Gasteiger partial charge is 0.477 e. The molecule has 134 valence electrons. The third kappa shape index (κ3) is 5.33. The molecule has 1 aromatic rings. The fourth-order valence-electron chi connectivity index (χ4n) is 3.35. The number of nitrogens with one attached hydrogen (secondary N) is 1. The summed E-state index contributed by atoms with van der Waals surface area (Å²) in [4.78, 5) is 23.2. The number of carboxylic acids is 1. The van der Waals surface area contributed by atoms with Gasteiger partial charge in [-0.05, 0) is 25.2 Å². The summed E-state index contributed by atoms with van der Waals surface area (Å²) in [7, 11) is 3.40. The van der Waals surface area contributed by atoms with E-state index in [-0.39, 0.29) is 17.3 Å². The van der Waals surface area contributed by atoms with E-state index in [1.807, 2.05) is 0 Å². The third-order valence-electron chi connectivity index (χ3n) is 4.71. The van der Waals surface area contributed by atoms with Crippen LogP contribution in [0.4, 0.5) is 5.82 Å². The Balaban J connectivity index is 1.80. The Morgan fingerprint density at radius 3 is 2.58 bits per heavy atom. The van der Waals surface area contributed by atoms with E-state index in [0.717, 1.165) is 44.9 Å². The minimum absolute atomic E-state index is 0.0161. The molecule has 7 heteroatoms. The van der Waals surface area contributed by atoms with Gasteiger partial charge in [0.1, 0.15) is 5.56 Å². The predicted molar refractivity (Wildman–Crippen MR) is 90.0 cm³/mol. The number of aromatic nitrogens is 2. The van der Waals surface area contributed by atoms with Crippen LogP contribution in [-0.4, -0.2) is 40.0 Å². The highest BCUT2D eigenvalue weighted by atomic mass is 16.5. The van der Waals surface area contributed by atoms with Gasteiger partial charge in [-0.2, -0.15) is 5.10 Å². The van der Waals surface area contributed by atoms with E-state index in [9.17, 15) is 9.59 Å². The van der Waals surface area contributed by atoms with E-state index >= 15 is 0 Å². The normalized spacial score (nSPS) is 21.8. The molecule has 2 N–H and O–H groups in total. The fourth-order valence-corrected chi connectivity index (χ4v) is 3.35. The van der Waals surface area contributed by atoms with Crippen LogP contribution in [0.1, 0.15) is 61.7 Å². The molecule has 0 aliphatic heterocycles. The standard InChI is InChI=1S/C17H27N3O4/c1-20-11-14(17(22)23)16(19-20)18-15(21)10-9-12-5-3-7-13(24-2)8-4-6-12/h11-13H,3-10H2,1-2H3,(H,22,23)(H,18,19,21). The quantitative estimate of drug-likeness (QED) is 0.832. The van der Waals surface area contributed by atoms with Gasteiger partial charge in [0.2, 0.25) is 5.91 Å². The van der Waals surface area contributed by atoms with Crippen LogP contribution in [0.25, 0.3) is 0 Å². The average molecular weight is 337 g/mol. The molecule has 0 spiro atoms. The molecule has 1 heterocycles. The highest BCUT2D eigenvalue weighted by Gasteiger charge is 2.19. The Bertz CT molecular complexity index is 560. The van der Waals surface area contributed by atoms with Crippen molar-refractivity contribution in [1.29, 1.82) is 0 Å². The van der Waals surface area contributed by atoms with Gasteiger partial charge in [0.15, 0.2) is 5.82 Å². The molecule has 1 amide bonds. The van der Waals surface area contributed by atoms with Crippen LogP contribution in [-0.2, 0) is 16.6 Å². The number of aromatic carboxylic acids is 1. The Kier molecular flexibility index (Phi) is 6.78. The van der Waals surface area contributed by atoms with Crippen LogP contribution >= 0.6 is 0 Å². The maximum Gasteiger partial charge on any atom is 0.341 e. The van der Waals surface area contributed by atoms with E-state index in [0.29, 0.717) is 18.4 Å². The number of ether oxygens (including phenoxy) is 1. The number of hydrogen-bond donors (Lipinski definition) is 2. The minimum atomic E-state index is -1.09. The zero-order valence-corrected chi connectivity index (χ0v) is 14.5. The first kappa shape index (κ1) is 18.4. The number of methoxy groups -OCH3 is 1. The second-order valence-corrected chi connectivity index (χ2v) is 6.54. The Hall–Kier alpha value is -1.89. The zero-order valence-electron chi connectivity index (χ0n) is 14.5. The first-order valence-corrected chi connectivity index (χ1v) is 8.59. The lowest BCUT2D eigenvalue weighted by molar-refractivity contribution is -0.116. The van der Waals surface area contributed by atoms with Gasteiger partial charge in [-0.25, -0.2) is 4.79 Å². The molecule has 24 heavy (non-hydrogen) atoms. The van der Waals surface area contributed by atoms with Crippen molar-refractivity contribution in [3.8, 4) is 0 Å². The van der Waals surface area contributed by atoms with Crippen molar-refractivity contribution < 1.29 is 19.4 Å². The summed E-state index contributed by atoms with van der Waals surface area (Å²) in [6, 6.07) is 0. The molecule has 0 saturated heterocycles. The number of carbonyl (C=O) groups is 2. The number of carbonyl (C=O) groups excluding carboxylic acids is 1. The summed E-state index contributed by atoms with van der Waals surface area (Å²) in [5, 5.41) is 15.7. The van der Waals surface area contributed by atoms with Crippen LogP contribution in [0.5, 0.6) is 0 Å². The Morgan fingerprint density at radius 1 is 1.33 bits per heavy atom. The molecule has 2 rings (SSSR count). The Morgan fingerprint density at radius 2 is 2.00 bits per heavy atom. The summed E-state index contributed by atoms with van der Waals surface area (Å²) in [6.07, 6.45) is 9.69. The van der Waals surface area contributed by atoms with Crippen molar-refractivity contribution >= 4 is 17.7 Å². The van der Waals surface area contributed by atoms with E-state index in [2.05, 4.69) is 10.4 Å². The van der Waals surface area contributed by atoms with Gasteiger partial charge in [0.25, 0.3) is 0 Å². The van der Waals surface area contributed by atoms with Gasteiger partial charge in [0, 0.05) is 26.8 Å². The van der Waals surface area contributed by atoms with Crippen molar-refractivity contribution in [3.63, 3.8) is 0 Å². The SMILES string of the molecule is COC1CCCC(CCC(=O)Nc2nn(C)cc2C(=O)O)CCC1. The number of rotatable bonds is 6. The second kappa shape index (κ2) is 8.82. The van der Waals surface area contributed by atoms with Crippen LogP contribution in [0.2, 0.25) is 0 Å². The number of amides is 1. The van der Waals surface area contributed by atoms with Gasteiger partial charge in [-0.1, -0.05) is 25.7 Å². The summed E-state index contributed by atoms with van der Waals surface area (Å²) < 4.78 is 6.83. The van der Waals surface area contributed by atoms with Crippen molar-refractivity contribution in [2.75, 3.05) is 12.4 Å². The molecule has 0 unspecified atom stereocenters. The van der Waals surface area contributed by atoms with E-state index in [4.69, 9.17) is 9.84 Å². The van der Waals surface area contributed by atoms with Crippen molar-refractivity contribution in [3.05, 3.63) is 11.8 Å². The topological polar surface area (TPSA) is 93.5 Å². The highest BCUT2D eigenvalue weighted by molar-refractivity contribution is 5.99. The van der Waals surface area contributed by atoms with Crippen LogP contribution in [0.15, 0.2) is 6.20 Å². The summed E-state index contributed by atoms with van der Waals surface area (Å²) in [5.41, 5.74) is 0.0161. The number of aryl methyl sites for hydroxylation is 1. The van der Waals surface area contributed by atoms with Gasteiger partial charge >= 0.3 is 5.97 Å². The third-order valence-corrected chi connectivity index (χ3v) is 4.71. The van der Waals surface area contributed by atoms with Gasteiger partial charge in [-0.3, -0.25) is 9.48 Å². The van der Waals surface area contributed by atoms with Crippen molar-refractivity contribution in [1.82, 2.24) is 9.78 Å². The van der Waals surface area contributed by atoms with Crippen LogP contribution in [0.3, 0.4) is 0 Å². The molecule has 1 aliphatic rings. The van der Waals surface area contributed by atoms with E-state index in [1.54, 1.807) is 14.2 Å². The molecule has 1 saturated carbocycles. The zero-order chi connectivity index (χ0) is 17.5. The first-order chi connectivity index (χ1) is 11.5. The summed E-state index contributed by atoms with van der Waals surface area (Å²) in [6.45, 7) is 0. The number of carboxylic acid groups (broad SMARTS) is 1. The number of nitrogens with zero attached hydrogens (tertiary/aromatic N) is 2. The molecule has 0 bridgehead atoms. The second-order valence-electron chi connectivity index (χ2n) is 6.54. The Labute approximate surface area is 142 Å². The van der Waals surface area contributed by atoms with Gasteiger partial charge in [0.05, 0.1) is 6.10 Å². The lowest BCUT2D eigenvalue weighted by atomic mass is 9.87. The molecule has 0 aromatic carbocycles. The molecule has 0 radical (unpaired) electrons. The molecule has 1 aromatic heterocycles. The molecule has 1 aliphatic carbocycles. The van der Waals surface area contributed by atoms with Gasteiger partial charge < -0.3 is 15.2 Å². The lowest BCUT2D eigenvalue weighted by Gasteiger charge is -2.23. The van der Waals surface area contributed by atoms with Crippen molar-refractivity contribution in [2.24, 2.45) is 13.0 Å². The molecular weight excluding hydrogens is 310 g/mol. The van der Waals surface area contributed by atoms with Crippen LogP contribution in [0, 0.1) is 5.92 Å². The van der Waals surface area contributed by atoms with Gasteiger partial charge in [-0.15, -0.1) is 0 Å². The van der Waals surface area contributed by atoms with E-state index < -0.39 is 5.97 Å². The number of anilines is 1. The van der Waals surface area contributed by atoms with Crippen LogP contribution < -0.4 is 5.32 Å². The molecular formula is C17H27N3O4. The van der Waals surface area contributed by atoms with Crippen molar-refractivity contribution in [2.45, 2.75) is 57.5 Å². The maximum absolute atomic E-state index is 12.1. The minimum Gasteiger partial charge on any atom is -0.477 e. The van der Waals surface area contributed by atoms with E-state index in [1.165, 1.54) is 10.9 Å². The highest BCUT2D eigenvalue weighted by Crippen LogP contribution is 2.27. The first-order valence-electron chi connectivity index (χ1n) is 8.59. The predicted octanol–water partition coefficient (Wildman–Crippen LogP) is 2.82. The molecule has 7 nitrogen and oxygen atoms in total. The lowest BCUT2D eigenvalue weighted by Crippen LogP contribution is -2.18. The molecule has 1 fully saturated rings. The average Bonchev–Trinajstić information content (AvgIpc) is 2.87. The number of hydrogen-bond acceptors (Lipinski definition) is 4.